The van der Waals surface area contributed by atoms with Gasteiger partial charge in [0.15, 0.2) is 0 Å². The number of ether oxygens (including phenoxy) is 1. The summed E-state index contributed by atoms with van der Waals surface area (Å²) in [5.41, 5.74) is 2.78. The van der Waals surface area contributed by atoms with Gasteiger partial charge in [0.2, 0.25) is 5.95 Å². The molecular formula is C23H25BrF3N3O. The number of aromatic nitrogens is 2. The van der Waals surface area contributed by atoms with Gasteiger partial charge in [0.1, 0.15) is 5.75 Å². The summed E-state index contributed by atoms with van der Waals surface area (Å²) < 4.78 is 44.5. The Bertz CT molecular complexity index is 1080. The molecule has 0 aliphatic heterocycles. The lowest BCUT2D eigenvalue weighted by Gasteiger charge is -2.40. The average molecular weight is 496 g/mol. The van der Waals surface area contributed by atoms with Gasteiger partial charge in [-0.25, -0.2) is 4.98 Å². The van der Waals surface area contributed by atoms with Crippen LogP contribution in [0.4, 0.5) is 24.8 Å². The molecule has 31 heavy (non-hydrogen) atoms. The summed E-state index contributed by atoms with van der Waals surface area (Å²) >= 11 is 3.51. The zero-order chi connectivity index (χ0) is 22.4. The van der Waals surface area contributed by atoms with Crippen LogP contribution in [0.15, 0.2) is 46.9 Å². The molecule has 1 aliphatic rings. The van der Waals surface area contributed by atoms with Gasteiger partial charge in [0.25, 0.3) is 0 Å². The molecule has 1 saturated carbocycles. The number of halogens is 4. The summed E-state index contributed by atoms with van der Waals surface area (Å²) in [4.78, 5) is 4.81. The number of imidazole rings is 1. The first-order valence-electron chi connectivity index (χ1n) is 10.3. The third kappa shape index (κ3) is 5.17. The first kappa shape index (κ1) is 22.0. The summed E-state index contributed by atoms with van der Waals surface area (Å²) in [6.07, 6.45) is -1.43. The van der Waals surface area contributed by atoms with Gasteiger partial charge in [-0.1, -0.05) is 36.7 Å². The van der Waals surface area contributed by atoms with Crippen LogP contribution in [-0.2, 0) is 0 Å². The smallest absolute Gasteiger partial charge is 0.406 e. The van der Waals surface area contributed by atoms with Crippen LogP contribution in [-0.4, -0.2) is 15.9 Å². The number of hydrogen-bond acceptors (Lipinski definition) is 3. The maximum absolute atomic E-state index is 12.4. The summed E-state index contributed by atoms with van der Waals surface area (Å²) in [5, 5.41) is 3.31. The van der Waals surface area contributed by atoms with Crippen LogP contribution >= 0.6 is 15.9 Å². The average Bonchev–Trinajstić information content (AvgIpc) is 2.97. The van der Waals surface area contributed by atoms with E-state index in [0.29, 0.717) is 17.6 Å². The quantitative estimate of drug-likeness (QED) is 0.400. The molecule has 1 fully saturated rings. The van der Waals surface area contributed by atoms with Crippen LogP contribution in [0, 0.1) is 11.3 Å². The predicted molar refractivity (Wildman–Crippen MR) is 120 cm³/mol. The van der Waals surface area contributed by atoms with E-state index in [4.69, 9.17) is 4.98 Å². The number of nitrogens with one attached hydrogen (secondary N) is 1. The van der Waals surface area contributed by atoms with Gasteiger partial charge in [-0.05, 0) is 73.1 Å². The minimum Gasteiger partial charge on any atom is -0.406 e. The first-order valence-corrected chi connectivity index (χ1v) is 11.1. The van der Waals surface area contributed by atoms with E-state index in [1.807, 2.05) is 12.1 Å². The molecule has 1 unspecified atom stereocenters. The Balaban J connectivity index is 1.70. The lowest BCUT2D eigenvalue weighted by molar-refractivity contribution is -0.274. The van der Waals surface area contributed by atoms with Crippen molar-refractivity contribution in [1.82, 2.24) is 9.55 Å². The largest absolute Gasteiger partial charge is 0.573 e. The van der Waals surface area contributed by atoms with Crippen molar-refractivity contribution in [1.29, 1.82) is 0 Å². The van der Waals surface area contributed by atoms with Crippen molar-refractivity contribution < 1.29 is 17.9 Å². The van der Waals surface area contributed by atoms with Gasteiger partial charge in [-0.15, -0.1) is 13.2 Å². The molecule has 1 heterocycles. The Morgan fingerprint density at radius 1 is 1.13 bits per heavy atom. The number of rotatable bonds is 4. The van der Waals surface area contributed by atoms with Crippen LogP contribution in [0.3, 0.4) is 0 Å². The summed E-state index contributed by atoms with van der Waals surface area (Å²) in [6, 6.07) is 12.0. The van der Waals surface area contributed by atoms with Gasteiger partial charge in [-0.2, -0.15) is 0 Å². The van der Waals surface area contributed by atoms with Gasteiger partial charge in [0, 0.05) is 16.2 Å². The topological polar surface area (TPSA) is 39.1 Å². The number of anilines is 2. The highest BCUT2D eigenvalue weighted by atomic mass is 79.9. The summed E-state index contributed by atoms with van der Waals surface area (Å²) in [5.74, 6) is 1.03. The molecule has 4 nitrogen and oxygen atoms in total. The highest BCUT2D eigenvalue weighted by Crippen LogP contribution is 2.46. The minimum absolute atomic E-state index is 0.224. The van der Waals surface area contributed by atoms with Crippen molar-refractivity contribution in [2.75, 3.05) is 5.32 Å². The maximum Gasteiger partial charge on any atom is 0.573 e. The van der Waals surface area contributed by atoms with Crippen LogP contribution in [0.1, 0.15) is 46.1 Å². The predicted octanol–water partition coefficient (Wildman–Crippen LogP) is 7.83. The standard InChI is InChI=1S/C23H25BrF3N3O/c1-14-10-17(13-22(2,3)12-14)30-20-9-4-15(24)11-19(20)29-21(30)28-16-5-7-18(8-6-16)31-23(25,26)27/h4-9,11,14,17H,10,12-13H2,1-3H3,(H,28,29)/t14-,17?/m0/s1. The molecule has 0 saturated heterocycles. The molecule has 1 aliphatic carbocycles. The lowest BCUT2D eigenvalue weighted by Crippen LogP contribution is -2.29. The Hall–Kier alpha value is -2.22. The monoisotopic (exact) mass is 495 g/mol. The van der Waals surface area contributed by atoms with Crippen molar-refractivity contribution in [2.45, 2.75) is 52.4 Å². The van der Waals surface area contributed by atoms with Crippen molar-refractivity contribution in [3.05, 3.63) is 46.9 Å². The Labute approximate surface area is 187 Å². The Kier molecular flexibility index (Phi) is 5.70. The van der Waals surface area contributed by atoms with E-state index in [9.17, 15) is 13.2 Å². The molecule has 1 aromatic heterocycles. The fourth-order valence-electron chi connectivity index (χ4n) is 4.89. The van der Waals surface area contributed by atoms with Crippen molar-refractivity contribution >= 4 is 38.6 Å². The van der Waals surface area contributed by atoms with E-state index in [1.165, 1.54) is 18.6 Å². The highest BCUT2D eigenvalue weighted by Gasteiger charge is 2.35. The molecule has 2 atom stereocenters. The van der Waals surface area contributed by atoms with Gasteiger partial charge in [0.05, 0.1) is 11.0 Å². The molecular weight excluding hydrogens is 471 g/mol. The van der Waals surface area contributed by atoms with E-state index in [2.05, 4.69) is 57.4 Å². The fraction of sp³-hybridized carbons (Fsp3) is 0.435. The third-order valence-electron chi connectivity index (χ3n) is 5.72. The van der Waals surface area contributed by atoms with Crippen molar-refractivity contribution in [2.24, 2.45) is 11.3 Å². The number of alkyl halides is 3. The second-order valence-corrected chi connectivity index (χ2v) is 10.1. The number of nitrogens with zero attached hydrogens (tertiary/aromatic N) is 2. The van der Waals surface area contributed by atoms with E-state index >= 15 is 0 Å². The number of fused-ring (bicyclic) bond motifs is 1. The Morgan fingerprint density at radius 2 is 1.84 bits per heavy atom. The highest BCUT2D eigenvalue weighted by molar-refractivity contribution is 9.10. The van der Waals surface area contributed by atoms with Crippen LogP contribution in [0.25, 0.3) is 11.0 Å². The number of hydrogen-bond donors (Lipinski definition) is 1. The van der Waals surface area contributed by atoms with Crippen LogP contribution < -0.4 is 10.1 Å². The van der Waals surface area contributed by atoms with Crippen molar-refractivity contribution in [3.63, 3.8) is 0 Å². The molecule has 8 heteroatoms. The molecule has 0 radical (unpaired) electrons. The Morgan fingerprint density at radius 3 is 2.48 bits per heavy atom. The van der Waals surface area contributed by atoms with E-state index in [0.717, 1.165) is 28.3 Å². The third-order valence-corrected chi connectivity index (χ3v) is 6.22. The number of benzene rings is 2. The van der Waals surface area contributed by atoms with Crippen molar-refractivity contribution in [3.8, 4) is 5.75 Å². The summed E-state index contributed by atoms with van der Waals surface area (Å²) in [7, 11) is 0. The van der Waals surface area contributed by atoms with E-state index < -0.39 is 6.36 Å². The maximum atomic E-state index is 12.4. The second-order valence-electron chi connectivity index (χ2n) is 9.20. The zero-order valence-electron chi connectivity index (χ0n) is 17.6. The molecule has 0 bridgehead atoms. The van der Waals surface area contributed by atoms with Gasteiger partial charge < -0.3 is 14.6 Å². The molecule has 3 aromatic rings. The minimum atomic E-state index is -4.71. The molecule has 0 spiro atoms. The fourth-order valence-corrected chi connectivity index (χ4v) is 5.24. The molecule has 166 valence electrons. The molecule has 1 N–H and O–H groups in total. The molecule has 4 rings (SSSR count). The van der Waals surface area contributed by atoms with Crippen LogP contribution in [0.5, 0.6) is 5.75 Å². The first-order chi connectivity index (χ1) is 14.5. The second kappa shape index (κ2) is 8.04. The molecule has 2 aromatic carbocycles. The normalized spacial score (nSPS) is 21.3. The van der Waals surface area contributed by atoms with Crippen LogP contribution in [0.2, 0.25) is 0 Å². The summed E-state index contributed by atoms with van der Waals surface area (Å²) in [6.45, 7) is 6.89. The van der Waals surface area contributed by atoms with Gasteiger partial charge in [-0.3, -0.25) is 0 Å². The molecule has 0 amide bonds. The lowest BCUT2D eigenvalue weighted by atomic mass is 9.70. The SMILES string of the molecule is C[C@H]1CC(n2c(Nc3ccc(OC(F)(F)F)cc3)nc3cc(Br)ccc32)CC(C)(C)C1. The van der Waals surface area contributed by atoms with E-state index in [-0.39, 0.29) is 17.2 Å². The zero-order valence-corrected chi connectivity index (χ0v) is 19.2. The van der Waals surface area contributed by atoms with Gasteiger partial charge >= 0.3 is 6.36 Å². The van der Waals surface area contributed by atoms with E-state index in [1.54, 1.807) is 12.1 Å².